The summed E-state index contributed by atoms with van der Waals surface area (Å²) in [6, 6.07) is 10.1. The average molecular weight is 270 g/mol. The van der Waals surface area contributed by atoms with Crippen LogP contribution >= 0.6 is 0 Å². The van der Waals surface area contributed by atoms with Crippen LogP contribution < -0.4 is 11.1 Å². The molecule has 0 unspecified atom stereocenters. The predicted octanol–water partition coefficient (Wildman–Crippen LogP) is 4.05. The molecule has 4 nitrogen and oxygen atoms in total. The number of nitrogens with two attached hydrogens (primary N) is 1. The Morgan fingerprint density at radius 1 is 1.00 bits per heavy atom. The lowest BCUT2D eigenvalue weighted by molar-refractivity contribution is 0.779. The summed E-state index contributed by atoms with van der Waals surface area (Å²) in [7, 11) is 0. The van der Waals surface area contributed by atoms with Crippen LogP contribution in [0.15, 0.2) is 30.3 Å². The summed E-state index contributed by atoms with van der Waals surface area (Å²) in [5, 5.41) is 3.30. The minimum absolute atomic E-state index is 0.251. The van der Waals surface area contributed by atoms with Gasteiger partial charge in [-0.1, -0.05) is 39.8 Å². The molecular formula is C16H22N4. The van der Waals surface area contributed by atoms with Gasteiger partial charge in [-0.15, -0.1) is 0 Å². The van der Waals surface area contributed by atoms with Crippen LogP contribution in [0, 0.1) is 0 Å². The molecule has 1 aromatic carbocycles. The van der Waals surface area contributed by atoms with Gasteiger partial charge >= 0.3 is 0 Å². The fourth-order valence-electron chi connectivity index (χ4n) is 1.93. The minimum Gasteiger partial charge on any atom is -0.384 e. The highest BCUT2D eigenvalue weighted by atomic mass is 15.1. The summed E-state index contributed by atoms with van der Waals surface area (Å²) in [6.45, 7) is 8.47. The predicted molar refractivity (Wildman–Crippen MR) is 84.3 cm³/mol. The Kier molecular flexibility index (Phi) is 4.23. The number of nitrogens with one attached hydrogen (secondary N) is 1. The number of rotatable bonds is 4. The lowest BCUT2D eigenvalue weighted by Gasteiger charge is -2.12. The Bertz CT molecular complexity index is 591. The van der Waals surface area contributed by atoms with E-state index in [-0.39, 0.29) is 5.92 Å². The van der Waals surface area contributed by atoms with E-state index in [0.717, 1.165) is 17.3 Å². The van der Waals surface area contributed by atoms with Crippen molar-refractivity contribution in [2.45, 2.75) is 39.5 Å². The standard InChI is InChI=1S/C16H22N4/c1-10(2)12-6-5-7-13(8-12)18-15-9-14(17)19-16(20-15)11(3)4/h5-11H,1-4H3,(H3,17,18,19,20). The molecular weight excluding hydrogens is 248 g/mol. The van der Waals surface area contributed by atoms with Gasteiger partial charge in [0.05, 0.1) is 0 Å². The molecule has 0 fully saturated rings. The molecule has 20 heavy (non-hydrogen) atoms. The molecule has 1 aromatic heterocycles. The molecule has 2 aromatic rings. The number of hydrogen-bond acceptors (Lipinski definition) is 4. The van der Waals surface area contributed by atoms with Crippen LogP contribution in [-0.4, -0.2) is 9.97 Å². The average Bonchev–Trinajstić information content (AvgIpc) is 2.38. The van der Waals surface area contributed by atoms with Crippen molar-refractivity contribution in [1.82, 2.24) is 9.97 Å². The van der Waals surface area contributed by atoms with Gasteiger partial charge in [0.15, 0.2) is 0 Å². The van der Waals surface area contributed by atoms with Gasteiger partial charge in [-0.2, -0.15) is 0 Å². The van der Waals surface area contributed by atoms with Gasteiger partial charge in [-0.25, -0.2) is 9.97 Å². The van der Waals surface area contributed by atoms with Crippen molar-refractivity contribution >= 4 is 17.3 Å². The van der Waals surface area contributed by atoms with E-state index in [1.807, 2.05) is 12.1 Å². The van der Waals surface area contributed by atoms with Crippen LogP contribution in [-0.2, 0) is 0 Å². The van der Waals surface area contributed by atoms with E-state index in [9.17, 15) is 0 Å². The SMILES string of the molecule is CC(C)c1cccc(Nc2cc(N)nc(C(C)C)n2)c1. The number of benzene rings is 1. The highest BCUT2D eigenvalue weighted by molar-refractivity contribution is 5.59. The zero-order chi connectivity index (χ0) is 14.7. The molecule has 0 aliphatic heterocycles. The van der Waals surface area contributed by atoms with Gasteiger partial charge in [0.2, 0.25) is 0 Å². The summed E-state index contributed by atoms with van der Waals surface area (Å²) in [6.07, 6.45) is 0. The Morgan fingerprint density at radius 3 is 2.40 bits per heavy atom. The molecule has 0 amide bonds. The summed E-state index contributed by atoms with van der Waals surface area (Å²) in [5.74, 6) is 2.74. The third-order valence-electron chi connectivity index (χ3n) is 3.11. The van der Waals surface area contributed by atoms with Crippen LogP contribution in [0.2, 0.25) is 0 Å². The van der Waals surface area contributed by atoms with Crippen LogP contribution in [0.25, 0.3) is 0 Å². The second kappa shape index (κ2) is 5.90. The molecule has 0 saturated heterocycles. The number of hydrogen-bond donors (Lipinski definition) is 2. The van der Waals surface area contributed by atoms with Crippen molar-refractivity contribution < 1.29 is 0 Å². The van der Waals surface area contributed by atoms with Crippen molar-refractivity contribution in [2.24, 2.45) is 0 Å². The normalized spacial score (nSPS) is 11.1. The third-order valence-corrected chi connectivity index (χ3v) is 3.11. The Balaban J connectivity index is 2.27. The maximum Gasteiger partial charge on any atom is 0.136 e. The van der Waals surface area contributed by atoms with Crippen molar-refractivity contribution in [3.8, 4) is 0 Å². The molecule has 0 bridgehead atoms. The Labute approximate surface area is 120 Å². The molecule has 0 aliphatic rings. The monoisotopic (exact) mass is 270 g/mol. The van der Waals surface area contributed by atoms with E-state index in [4.69, 9.17) is 5.73 Å². The van der Waals surface area contributed by atoms with Crippen molar-refractivity contribution in [1.29, 1.82) is 0 Å². The molecule has 0 spiro atoms. The quantitative estimate of drug-likeness (QED) is 0.879. The minimum atomic E-state index is 0.251. The van der Waals surface area contributed by atoms with E-state index in [0.29, 0.717) is 11.7 Å². The zero-order valence-electron chi connectivity index (χ0n) is 12.5. The van der Waals surface area contributed by atoms with E-state index >= 15 is 0 Å². The molecule has 3 N–H and O–H groups in total. The van der Waals surface area contributed by atoms with E-state index in [1.165, 1.54) is 5.56 Å². The van der Waals surface area contributed by atoms with E-state index < -0.39 is 0 Å². The highest BCUT2D eigenvalue weighted by Gasteiger charge is 2.07. The first-order valence-electron chi connectivity index (χ1n) is 6.97. The van der Waals surface area contributed by atoms with Crippen molar-refractivity contribution in [2.75, 3.05) is 11.1 Å². The Hall–Kier alpha value is -2.10. The number of aromatic nitrogens is 2. The molecule has 0 atom stereocenters. The summed E-state index contributed by atoms with van der Waals surface area (Å²) >= 11 is 0. The molecule has 0 saturated carbocycles. The van der Waals surface area contributed by atoms with Crippen LogP contribution in [0.1, 0.15) is 50.9 Å². The van der Waals surface area contributed by atoms with Crippen molar-refractivity contribution in [3.63, 3.8) is 0 Å². The summed E-state index contributed by atoms with van der Waals surface area (Å²) < 4.78 is 0. The van der Waals surface area contributed by atoms with E-state index in [2.05, 4.69) is 55.1 Å². The topological polar surface area (TPSA) is 63.8 Å². The second-order valence-electron chi connectivity index (χ2n) is 5.60. The third kappa shape index (κ3) is 3.47. The first kappa shape index (κ1) is 14.3. The molecule has 2 rings (SSSR count). The van der Waals surface area contributed by atoms with Crippen LogP contribution in [0.4, 0.5) is 17.3 Å². The lowest BCUT2D eigenvalue weighted by Crippen LogP contribution is -2.05. The van der Waals surface area contributed by atoms with Gasteiger partial charge in [0, 0.05) is 17.7 Å². The van der Waals surface area contributed by atoms with Gasteiger partial charge in [0.1, 0.15) is 17.5 Å². The largest absolute Gasteiger partial charge is 0.384 e. The highest BCUT2D eigenvalue weighted by Crippen LogP contribution is 2.22. The first-order valence-corrected chi connectivity index (χ1v) is 6.97. The first-order chi connectivity index (χ1) is 9.45. The summed E-state index contributed by atoms with van der Waals surface area (Å²) in [5.41, 5.74) is 8.15. The zero-order valence-corrected chi connectivity index (χ0v) is 12.5. The Morgan fingerprint density at radius 2 is 1.75 bits per heavy atom. The molecule has 0 aliphatic carbocycles. The van der Waals surface area contributed by atoms with Gasteiger partial charge in [0.25, 0.3) is 0 Å². The van der Waals surface area contributed by atoms with Gasteiger partial charge in [-0.05, 0) is 23.6 Å². The van der Waals surface area contributed by atoms with Gasteiger partial charge in [-0.3, -0.25) is 0 Å². The summed E-state index contributed by atoms with van der Waals surface area (Å²) in [4.78, 5) is 8.75. The van der Waals surface area contributed by atoms with Gasteiger partial charge < -0.3 is 11.1 Å². The smallest absolute Gasteiger partial charge is 0.136 e. The maximum atomic E-state index is 5.84. The number of nitrogen functional groups attached to an aromatic ring is 1. The van der Waals surface area contributed by atoms with E-state index in [1.54, 1.807) is 6.07 Å². The maximum absolute atomic E-state index is 5.84. The van der Waals surface area contributed by atoms with Crippen LogP contribution in [0.3, 0.4) is 0 Å². The van der Waals surface area contributed by atoms with Crippen LogP contribution in [0.5, 0.6) is 0 Å². The molecule has 4 heteroatoms. The fourth-order valence-corrected chi connectivity index (χ4v) is 1.93. The van der Waals surface area contributed by atoms with Crippen molar-refractivity contribution in [3.05, 3.63) is 41.7 Å². The number of nitrogens with zero attached hydrogens (tertiary/aromatic N) is 2. The number of anilines is 3. The molecule has 1 heterocycles. The fraction of sp³-hybridized carbons (Fsp3) is 0.375. The molecule has 106 valence electrons. The molecule has 0 radical (unpaired) electrons. The second-order valence-corrected chi connectivity index (χ2v) is 5.60. The lowest BCUT2D eigenvalue weighted by atomic mass is 10.0.